The number of rotatable bonds is 18. The monoisotopic (exact) mass is 448 g/mol. The molecule has 0 aliphatic carbocycles. The van der Waals surface area contributed by atoms with Gasteiger partial charge in [0.15, 0.2) is 0 Å². The number of hydrogen-bond acceptors (Lipinski definition) is 3. The summed E-state index contributed by atoms with van der Waals surface area (Å²) in [5.41, 5.74) is 0. The minimum atomic E-state index is -4.52. The second-order valence-corrected chi connectivity index (χ2v) is 16.5. The third-order valence-electron chi connectivity index (χ3n) is 5.12. The average molecular weight is 449 g/mol. The highest BCUT2D eigenvalue weighted by atomic mass is 32.3. The van der Waals surface area contributed by atoms with E-state index in [1.54, 1.807) is 0 Å². The van der Waals surface area contributed by atoms with Crippen LogP contribution in [0.1, 0.15) is 91.9 Å². The van der Waals surface area contributed by atoms with Gasteiger partial charge in [0.25, 0.3) is 0 Å². The summed E-state index contributed by atoms with van der Waals surface area (Å²) in [4.78, 5) is 0. The molecule has 2 atom stereocenters. The minimum absolute atomic E-state index is 0.716. The van der Waals surface area contributed by atoms with Crippen LogP contribution in [0.15, 0.2) is 0 Å². The third-order valence-corrected chi connectivity index (χ3v) is 14.2. The predicted octanol–water partition coefficient (Wildman–Crippen LogP) is 8.78. The molecule has 168 valence electrons. The first-order chi connectivity index (χ1) is 12.7. The van der Waals surface area contributed by atoms with E-state index < -0.39 is 28.5 Å². The van der Waals surface area contributed by atoms with Crippen LogP contribution in [0.25, 0.3) is 0 Å². The lowest BCUT2D eigenvalue weighted by Crippen LogP contribution is -2.13. The first-order valence-electron chi connectivity index (χ1n) is 10.8. The highest BCUT2D eigenvalue weighted by molar-refractivity contribution is 8.33. The van der Waals surface area contributed by atoms with E-state index in [4.69, 9.17) is 7.94 Å². The Morgan fingerprint density at radius 3 is 1.30 bits per heavy atom. The van der Waals surface area contributed by atoms with Crippen LogP contribution >= 0.6 is 28.5 Å². The lowest BCUT2D eigenvalue weighted by molar-refractivity contribution is 0.367. The van der Waals surface area contributed by atoms with Crippen LogP contribution in [0.4, 0.5) is 4.20 Å². The summed E-state index contributed by atoms with van der Waals surface area (Å²) >= 11 is 0. The molecule has 0 rings (SSSR count). The molecule has 27 heavy (non-hydrogen) atoms. The maximum atomic E-state index is 14.9. The SMILES string of the molecule is CCCCCCCS(C)(CC)OP(=O)(F)OS(C)(CC)CCCCCCC. The summed E-state index contributed by atoms with van der Waals surface area (Å²) in [6.45, 7) is 8.39. The lowest BCUT2D eigenvalue weighted by Gasteiger charge is -2.39. The first kappa shape index (κ1) is 27.8. The quantitative estimate of drug-likeness (QED) is 0.155. The van der Waals surface area contributed by atoms with E-state index in [1.165, 1.54) is 38.5 Å². The summed E-state index contributed by atoms with van der Waals surface area (Å²) in [6, 6.07) is 0. The molecule has 0 radical (unpaired) electrons. The van der Waals surface area contributed by atoms with Gasteiger partial charge in [-0.25, -0.2) is 12.5 Å². The van der Waals surface area contributed by atoms with Crippen LogP contribution in [0, 0.1) is 0 Å². The molecular formula is C20H46FO3PS2. The van der Waals surface area contributed by atoms with Crippen molar-refractivity contribution in [3.05, 3.63) is 0 Å². The zero-order valence-electron chi connectivity index (χ0n) is 18.8. The molecule has 0 aromatic rings. The molecule has 0 spiro atoms. The van der Waals surface area contributed by atoms with E-state index in [2.05, 4.69) is 13.8 Å². The van der Waals surface area contributed by atoms with Crippen molar-refractivity contribution in [1.29, 1.82) is 0 Å². The zero-order valence-corrected chi connectivity index (χ0v) is 21.3. The van der Waals surface area contributed by atoms with Crippen molar-refractivity contribution in [2.45, 2.75) is 91.9 Å². The maximum absolute atomic E-state index is 14.9. The Labute approximate surface area is 172 Å². The normalized spacial score (nSPS) is 21.0. The molecule has 0 N–H and O–H groups in total. The van der Waals surface area contributed by atoms with E-state index in [0.717, 1.165) is 37.2 Å². The lowest BCUT2D eigenvalue weighted by atomic mass is 10.2. The topological polar surface area (TPSA) is 35.5 Å². The number of unbranched alkanes of at least 4 members (excludes halogenated alkanes) is 8. The fourth-order valence-corrected chi connectivity index (χ4v) is 10.3. The molecule has 0 aliphatic rings. The van der Waals surface area contributed by atoms with Crippen LogP contribution < -0.4 is 0 Å². The highest BCUT2D eigenvalue weighted by Gasteiger charge is 2.38. The van der Waals surface area contributed by atoms with Crippen molar-refractivity contribution in [2.75, 3.05) is 35.5 Å². The van der Waals surface area contributed by atoms with Gasteiger partial charge in [-0.3, -0.25) is 0 Å². The summed E-state index contributed by atoms with van der Waals surface area (Å²) in [5, 5.41) is 0. The molecule has 0 saturated heterocycles. The third kappa shape index (κ3) is 13.6. The Morgan fingerprint density at radius 2 is 1.00 bits per heavy atom. The Hall–Kier alpha value is 0.780. The van der Waals surface area contributed by atoms with Gasteiger partial charge in [0.1, 0.15) is 0 Å². The molecule has 0 heterocycles. The minimum Gasteiger partial charge on any atom is -0.234 e. The van der Waals surface area contributed by atoms with Crippen molar-refractivity contribution in [3.8, 4) is 0 Å². The number of hydrogen-bond donors (Lipinski definition) is 0. The fourth-order valence-electron chi connectivity index (χ4n) is 2.93. The Morgan fingerprint density at radius 1 is 0.667 bits per heavy atom. The van der Waals surface area contributed by atoms with Gasteiger partial charge >= 0.3 is 7.91 Å². The second kappa shape index (κ2) is 14.7. The Kier molecular flexibility index (Phi) is 15.1. The maximum Gasteiger partial charge on any atom is 0.532 e. The molecule has 0 aliphatic heterocycles. The molecule has 3 nitrogen and oxygen atoms in total. The molecular weight excluding hydrogens is 402 g/mol. The van der Waals surface area contributed by atoms with Crippen molar-refractivity contribution >= 4 is 28.5 Å². The number of halogens is 1. The van der Waals surface area contributed by atoms with E-state index in [-0.39, 0.29) is 0 Å². The molecule has 0 saturated carbocycles. The molecule has 0 bridgehead atoms. The average Bonchev–Trinajstić information content (AvgIpc) is 2.60. The smallest absolute Gasteiger partial charge is 0.234 e. The summed E-state index contributed by atoms with van der Waals surface area (Å²) in [6.07, 6.45) is 15.5. The second-order valence-electron chi connectivity index (χ2n) is 7.76. The molecule has 0 fully saturated rings. The summed E-state index contributed by atoms with van der Waals surface area (Å²) in [5.74, 6) is 3.04. The van der Waals surface area contributed by atoms with Gasteiger partial charge < -0.3 is 0 Å². The van der Waals surface area contributed by atoms with E-state index in [9.17, 15) is 8.76 Å². The molecule has 0 aromatic carbocycles. The zero-order chi connectivity index (χ0) is 20.8. The standard InChI is InChI=1S/C20H46FO3PS2/c1-7-11-13-15-17-19-26(5,9-3)23-25(21,22)24-27(6,10-4)20-18-16-14-12-8-2/h7-20H2,1-6H3. The summed E-state index contributed by atoms with van der Waals surface area (Å²) in [7, 11) is -7.89. The van der Waals surface area contributed by atoms with Crippen molar-refractivity contribution < 1.29 is 16.7 Å². The van der Waals surface area contributed by atoms with Crippen LogP contribution in [0.5, 0.6) is 0 Å². The molecule has 0 aromatic heterocycles. The van der Waals surface area contributed by atoms with E-state index in [0.29, 0.717) is 11.5 Å². The van der Waals surface area contributed by atoms with Crippen LogP contribution in [-0.4, -0.2) is 35.5 Å². The Bertz CT molecular complexity index is 394. The summed E-state index contributed by atoms with van der Waals surface area (Å²) < 4.78 is 38.6. The Balaban J connectivity index is 4.61. The van der Waals surface area contributed by atoms with Crippen molar-refractivity contribution in [1.82, 2.24) is 0 Å². The molecule has 7 heteroatoms. The fraction of sp³-hybridized carbons (Fsp3) is 1.00. The molecule has 0 amide bonds. The van der Waals surface area contributed by atoms with Gasteiger partial charge in [0.2, 0.25) is 0 Å². The highest BCUT2D eigenvalue weighted by Crippen LogP contribution is 2.71. The first-order valence-corrected chi connectivity index (χ1v) is 16.9. The van der Waals surface area contributed by atoms with Gasteiger partial charge in [-0.1, -0.05) is 79.1 Å². The van der Waals surface area contributed by atoms with Gasteiger partial charge in [-0.15, -0.1) is 24.8 Å². The van der Waals surface area contributed by atoms with Gasteiger partial charge in [0.05, 0.1) is 0 Å². The van der Waals surface area contributed by atoms with Gasteiger partial charge in [-0.05, 0) is 48.4 Å². The van der Waals surface area contributed by atoms with Crippen molar-refractivity contribution in [2.24, 2.45) is 0 Å². The van der Waals surface area contributed by atoms with Crippen LogP contribution in [0.3, 0.4) is 0 Å². The van der Waals surface area contributed by atoms with Crippen LogP contribution in [-0.2, 0) is 12.5 Å². The van der Waals surface area contributed by atoms with Gasteiger partial charge in [0, 0.05) is 0 Å². The predicted molar refractivity (Wildman–Crippen MR) is 126 cm³/mol. The molecule has 2 unspecified atom stereocenters. The largest absolute Gasteiger partial charge is 0.532 e. The van der Waals surface area contributed by atoms with Crippen LogP contribution in [0.2, 0.25) is 0 Å². The van der Waals surface area contributed by atoms with E-state index in [1.807, 2.05) is 26.4 Å². The van der Waals surface area contributed by atoms with Crippen molar-refractivity contribution in [3.63, 3.8) is 0 Å². The van der Waals surface area contributed by atoms with Gasteiger partial charge in [-0.2, -0.15) is 0 Å². The van der Waals surface area contributed by atoms with E-state index >= 15 is 0 Å².